The molecule has 0 aliphatic rings. The summed E-state index contributed by atoms with van der Waals surface area (Å²) in [5.74, 6) is 0.592. The van der Waals surface area contributed by atoms with Gasteiger partial charge in [-0.05, 0) is 42.9 Å². The molecule has 0 aliphatic carbocycles. The number of nitrogens with one attached hydrogen (secondary N) is 1. The van der Waals surface area contributed by atoms with Crippen LogP contribution in [0.4, 0.5) is 4.39 Å². The third-order valence-electron chi connectivity index (χ3n) is 3.85. The predicted molar refractivity (Wildman–Crippen MR) is 102 cm³/mol. The van der Waals surface area contributed by atoms with Gasteiger partial charge in [0, 0.05) is 33.7 Å². The molecule has 0 radical (unpaired) electrons. The van der Waals surface area contributed by atoms with E-state index in [4.69, 9.17) is 0 Å². The molecule has 0 amide bonds. The monoisotopic (exact) mass is 342 g/mol. The van der Waals surface area contributed by atoms with Crippen LogP contribution in [0.5, 0.6) is 0 Å². The first kappa shape index (κ1) is 18.9. The Labute approximate surface area is 150 Å². The normalized spacial score (nSPS) is 11.7. The van der Waals surface area contributed by atoms with Crippen molar-refractivity contribution in [1.82, 2.24) is 15.1 Å². The number of aliphatic imine (C=N–C) groups is 1. The van der Waals surface area contributed by atoms with Gasteiger partial charge in [-0.2, -0.15) is 0 Å². The zero-order valence-corrected chi connectivity index (χ0v) is 15.5. The molecule has 0 saturated heterocycles. The van der Waals surface area contributed by atoms with E-state index >= 15 is 0 Å². The van der Waals surface area contributed by atoms with E-state index in [2.05, 4.69) is 53.6 Å². The molecule has 1 N–H and O–H groups in total. The van der Waals surface area contributed by atoms with Crippen molar-refractivity contribution in [3.8, 4) is 0 Å². The van der Waals surface area contributed by atoms with Crippen molar-refractivity contribution in [2.75, 3.05) is 28.2 Å². The zero-order valence-electron chi connectivity index (χ0n) is 15.5. The molecule has 0 bridgehead atoms. The van der Waals surface area contributed by atoms with Gasteiger partial charge in [0.25, 0.3) is 0 Å². The highest BCUT2D eigenvalue weighted by molar-refractivity contribution is 5.79. The molecule has 0 heterocycles. The summed E-state index contributed by atoms with van der Waals surface area (Å²) in [6.07, 6.45) is 0. The van der Waals surface area contributed by atoms with Crippen molar-refractivity contribution in [3.05, 3.63) is 71.0 Å². The Balaban J connectivity index is 1.94. The highest BCUT2D eigenvalue weighted by Gasteiger charge is 2.07. The van der Waals surface area contributed by atoms with Crippen LogP contribution in [-0.4, -0.2) is 44.0 Å². The van der Waals surface area contributed by atoms with Crippen molar-refractivity contribution in [2.24, 2.45) is 4.99 Å². The maximum absolute atomic E-state index is 13.0. The van der Waals surface area contributed by atoms with Gasteiger partial charge in [0.05, 0.1) is 0 Å². The van der Waals surface area contributed by atoms with Crippen LogP contribution in [0.3, 0.4) is 0 Å². The van der Waals surface area contributed by atoms with Gasteiger partial charge >= 0.3 is 0 Å². The summed E-state index contributed by atoms with van der Waals surface area (Å²) in [7, 11) is 7.88. The van der Waals surface area contributed by atoms with E-state index in [1.807, 2.05) is 11.9 Å². The van der Waals surface area contributed by atoms with Gasteiger partial charge in [0.15, 0.2) is 5.96 Å². The molecule has 2 rings (SSSR count). The van der Waals surface area contributed by atoms with E-state index in [0.29, 0.717) is 13.1 Å². The van der Waals surface area contributed by atoms with E-state index in [0.717, 1.165) is 18.1 Å². The summed E-state index contributed by atoms with van der Waals surface area (Å²) in [5, 5.41) is 3.39. The fourth-order valence-corrected chi connectivity index (χ4v) is 2.71. The SMILES string of the molecule is CN=C(NCc1cccc(CN(C)C)c1)N(C)Cc1ccc(F)cc1. The Morgan fingerprint density at radius 3 is 2.28 bits per heavy atom. The molecule has 0 fully saturated rings. The predicted octanol–water partition coefficient (Wildman–Crippen LogP) is 3.09. The summed E-state index contributed by atoms with van der Waals surface area (Å²) in [6.45, 7) is 2.30. The topological polar surface area (TPSA) is 30.9 Å². The summed E-state index contributed by atoms with van der Waals surface area (Å²) < 4.78 is 13.0. The first-order valence-electron chi connectivity index (χ1n) is 8.36. The summed E-state index contributed by atoms with van der Waals surface area (Å²) >= 11 is 0. The number of rotatable bonds is 6. The van der Waals surface area contributed by atoms with Crippen LogP contribution in [-0.2, 0) is 19.6 Å². The number of hydrogen-bond acceptors (Lipinski definition) is 2. The lowest BCUT2D eigenvalue weighted by molar-refractivity contribution is 0.402. The average molecular weight is 342 g/mol. The van der Waals surface area contributed by atoms with E-state index in [1.54, 1.807) is 19.2 Å². The molecule has 2 aromatic rings. The Bertz CT molecular complexity index is 695. The smallest absolute Gasteiger partial charge is 0.193 e. The molecule has 25 heavy (non-hydrogen) atoms. The van der Waals surface area contributed by atoms with Crippen molar-refractivity contribution in [3.63, 3.8) is 0 Å². The van der Waals surface area contributed by atoms with Crippen LogP contribution < -0.4 is 5.32 Å². The average Bonchev–Trinajstić information content (AvgIpc) is 2.57. The van der Waals surface area contributed by atoms with Crippen molar-refractivity contribution >= 4 is 5.96 Å². The Morgan fingerprint density at radius 1 is 0.960 bits per heavy atom. The minimum Gasteiger partial charge on any atom is -0.352 e. The summed E-state index contributed by atoms with van der Waals surface area (Å²) in [5.41, 5.74) is 3.55. The molecule has 134 valence electrons. The van der Waals surface area contributed by atoms with E-state index < -0.39 is 0 Å². The molecule has 5 heteroatoms. The molecule has 0 spiro atoms. The van der Waals surface area contributed by atoms with Gasteiger partial charge in [-0.3, -0.25) is 4.99 Å². The summed E-state index contributed by atoms with van der Waals surface area (Å²) in [4.78, 5) is 8.52. The Morgan fingerprint density at radius 2 is 1.64 bits per heavy atom. The molecule has 0 aliphatic heterocycles. The van der Waals surface area contributed by atoms with Crippen LogP contribution >= 0.6 is 0 Å². The molecular formula is C20H27FN4. The molecule has 0 unspecified atom stereocenters. The van der Waals surface area contributed by atoms with Gasteiger partial charge in [-0.15, -0.1) is 0 Å². The Kier molecular flexibility index (Phi) is 6.95. The number of nitrogens with zero attached hydrogens (tertiary/aromatic N) is 3. The maximum Gasteiger partial charge on any atom is 0.193 e. The van der Waals surface area contributed by atoms with Crippen LogP contribution in [0.1, 0.15) is 16.7 Å². The molecule has 2 aromatic carbocycles. The minimum atomic E-state index is -0.216. The van der Waals surface area contributed by atoms with Crippen LogP contribution in [0.2, 0.25) is 0 Å². The van der Waals surface area contributed by atoms with Gasteiger partial charge in [-0.25, -0.2) is 4.39 Å². The fourth-order valence-electron chi connectivity index (χ4n) is 2.71. The highest BCUT2D eigenvalue weighted by Crippen LogP contribution is 2.08. The molecular weight excluding hydrogens is 315 g/mol. The fraction of sp³-hybridized carbons (Fsp3) is 0.350. The van der Waals surface area contributed by atoms with Gasteiger partial charge < -0.3 is 15.1 Å². The second-order valence-corrected chi connectivity index (χ2v) is 6.44. The standard InChI is InChI=1S/C20H27FN4/c1-22-20(25(4)15-16-8-10-19(21)11-9-16)23-13-17-6-5-7-18(12-17)14-24(2)3/h5-12H,13-15H2,1-4H3,(H,22,23). The first-order chi connectivity index (χ1) is 12.0. The largest absolute Gasteiger partial charge is 0.352 e. The van der Waals surface area contributed by atoms with E-state index in [9.17, 15) is 4.39 Å². The molecule has 4 nitrogen and oxygen atoms in total. The number of hydrogen-bond donors (Lipinski definition) is 1. The minimum absolute atomic E-state index is 0.216. The quantitative estimate of drug-likeness (QED) is 0.646. The van der Waals surface area contributed by atoms with Crippen LogP contribution in [0.25, 0.3) is 0 Å². The number of benzene rings is 2. The third-order valence-corrected chi connectivity index (χ3v) is 3.85. The van der Waals surface area contributed by atoms with Crippen molar-refractivity contribution in [1.29, 1.82) is 0 Å². The highest BCUT2D eigenvalue weighted by atomic mass is 19.1. The van der Waals surface area contributed by atoms with Crippen LogP contribution in [0.15, 0.2) is 53.5 Å². The zero-order chi connectivity index (χ0) is 18.2. The lowest BCUT2D eigenvalue weighted by Gasteiger charge is -2.22. The van der Waals surface area contributed by atoms with Gasteiger partial charge in [0.2, 0.25) is 0 Å². The molecule has 0 saturated carbocycles. The lowest BCUT2D eigenvalue weighted by Crippen LogP contribution is -2.38. The van der Waals surface area contributed by atoms with Crippen LogP contribution in [0, 0.1) is 5.82 Å². The molecule has 0 aromatic heterocycles. The first-order valence-corrected chi connectivity index (χ1v) is 8.36. The van der Waals surface area contributed by atoms with Gasteiger partial charge in [0.1, 0.15) is 5.82 Å². The van der Waals surface area contributed by atoms with Crippen molar-refractivity contribution < 1.29 is 4.39 Å². The van der Waals surface area contributed by atoms with Crippen molar-refractivity contribution in [2.45, 2.75) is 19.6 Å². The Hall–Kier alpha value is -2.40. The summed E-state index contributed by atoms with van der Waals surface area (Å²) in [6, 6.07) is 15.1. The third kappa shape index (κ3) is 6.19. The number of guanidine groups is 1. The lowest BCUT2D eigenvalue weighted by atomic mass is 10.1. The second-order valence-electron chi connectivity index (χ2n) is 6.44. The van der Waals surface area contributed by atoms with E-state index in [-0.39, 0.29) is 5.82 Å². The molecule has 0 atom stereocenters. The van der Waals surface area contributed by atoms with Gasteiger partial charge in [-0.1, -0.05) is 36.4 Å². The second kappa shape index (κ2) is 9.18. The maximum atomic E-state index is 13.0. The number of halogens is 1. The van der Waals surface area contributed by atoms with E-state index in [1.165, 1.54) is 23.3 Å².